The van der Waals surface area contributed by atoms with Gasteiger partial charge in [0.2, 0.25) is 0 Å². The van der Waals surface area contributed by atoms with Gasteiger partial charge in [0.05, 0.1) is 6.61 Å². The zero-order valence-corrected chi connectivity index (χ0v) is 18.8. The summed E-state index contributed by atoms with van der Waals surface area (Å²) in [6.07, 6.45) is 1.51. The fourth-order valence-electron chi connectivity index (χ4n) is 3.20. The van der Waals surface area contributed by atoms with E-state index in [1.165, 1.54) is 18.2 Å². The number of rotatable bonds is 8. The van der Waals surface area contributed by atoms with Gasteiger partial charge in [0, 0.05) is 5.69 Å². The number of carbonyl (C=O) groups excluding carboxylic acids is 1. The highest BCUT2D eigenvalue weighted by atomic mass is 19.1. The molecular formula is C27H25FN2O3. The highest BCUT2D eigenvalue weighted by molar-refractivity contribution is 6.10. The van der Waals surface area contributed by atoms with Crippen LogP contribution >= 0.6 is 0 Å². The van der Waals surface area contributed by atoms with E-state index in [0.29, 0.717) is 29.4 Å². The molecule has 5 nitrogen and oxygen atoms in total. The highest BCUT2D eigenvalue weighted by Gasteiger charge is 2.13. The Hall–Kier alpha value is -4.11. The molecule has 0 saturated carbocycles. The van der Waals surface area contributed by atoms with Gasteiger partial charge in [-0.05, 0) is 73.9 Å². The first-order chi connectivity index (χ1) is 15.9. The third-order valence-corrected chi connectivity index (χ3v) is 4.88. The summed E-state index contributed by atoms with van der Waals surface area (Å²) in [7, 11) is 0. The lowest BCUT2D eigenvalue weighted by Crippen LogP contribution is -2.14. The lowest BCUT2D eigenvalue weighted by Gasteiger charge is -2.13. The van der Waals surface area contributed by atoms with Gasteiger partial charge in [-0.15, -0.1) is 0 Å². The van der Waals surface area contributed by atoms with Crippen molar-refractivity contribution in [3.8, 4) is 17.6 Å². The molecule has 0 radical (unpaired) electrons. The smallest absolute Gasteiger partial charge is 0.266 e. The Balaban J connectivity index is 1.78. The minimum absolute atomic E-state index is 0.0302. The van der Waals surface area contributed by atoms with E-state index in [1.54, 1.807) is 30.3 Å². The fraction of sp³-hybridized carbons (Fsp3) is 0.185. The highest BCUT2D eigenvalue weighted by Crippen LogP contribution is 2.30. The van der Waals surface area contributed by atoms with Gasteiger partial charge in [-0.3, -0.25) is 4.79 Å². The van der Waals surface area contributed by atoms with E-state index in [4.69, 9.17) is 9.47 Å². The molecule has 0 aliphatic carbocycles. The maximum Gasteiger partial charge on any atom is 0.266 e. The number of amides is 1. The van der Waals surface area contributed by atoms with E-state index >= 15 is 0 Å². The first-order valence-electron chi connectivity index (χ1n) is 10.5. The molecule has 0 unspecified atom stereocenters. The van der Waals surface area contributed by atoms with Crippen molar-refractivity contribution >= 4 is 17.7 Å². The van der Waals surface area contributed by atoms with Gasteiger partial charge in [0.25, 0.3) is 5.91 Å². The van der Waals surface area contributed by atoms with Crippen LogP contribution in [-0.4, -0.2) is 12.5 Å². The van der Waals surface area contributed by atoms with Crippen LogP contribution in [0.2, 0.25) is 0 Å². The van der Waals surface area contributed by atoms with Crippen LogP contribution in [-0.2, 0) is 11.4 Å². The number of nitrogens with one attached hydrogen (secondary N) is 1. The molecule has 0 spiro atoms. The van der Waals surface area contributed by atoms with E-state index in [2.05, 4.69) is 5.32 Å². The van der Waals surface area contributed by atoms with Crippen LogP contribution in [0.25, 0.3) is 6.08 Å². The number of halogens is 1. The molecule has 0 saturated heterocycles. The molecule has 6 heteroatoms. The van der Waals surface area contributed by atoms with Crippen LogP contribution in [0.1, 0.15) is 29.2 Å². The van der Waals surface area contributed by atoms with Crippen LogP contribution in [0.4, 0.5) is 10.1 Å². The Morgan fingerprint density at radius 3 is 2.45 bits per heavy atom. The molecule has 0 heterocycles. The van der Waals surface area contributed by atoms with E-state index in [9.17, 15) is 14.4 Å². The lowest BCUT2D eigenvalue weighted by atomic mass is 10.1. The third-order valence-electron chi connectivity index (χ3n) is 4.88. The average Bonchev–Trinajstić information content (AvgIpc) is 2.80. The topological polar surface area (TPSA) is 71.3 Å². The third kappa shape index (κ3) is 6.44. The fourth-order valence-corrected chi connectivity index (χ4v) is 3.20. The summed E-state index contributed by atoms with van der Waals surface area (Å²) in [5.74, 6) is 0.204. The summed E-state index contributed by atoms with van der Waals surface area (Å²) >= 11 is 0. The van der Waals surface area contributed by atoms with Crippen molar-refractivity contribution in [1.82, 2.24) is 0 Å². The number of anilines is 1. The Bertz CT molecular complexity index is 1210. The van der Waals surface area contributed by atoms with Crippen molar-refractivity contribution in [2.45, 2.75) is 27.4 Å². The summed E-state index contributed by atoms with van der Waals surface area (Å²) in [6.45, 7) is 6.39. The number of hydrogen-bond donors (Lipinski definition) is 1. The molecule has 33 heavy (non-hydrogen) atoms. The molecular weight excluding hydrogens is 419 g/mol. The Labute approximate surface area is 193 Å². The van der Waals surface area contributed by atoms with Crippen molar-refractivity contribution in [3.05, 3.63) is 94.3 Å². The van der Waals surface area contributed by atoms with E-state index in [0.717, 1.165) is 16.7 Å². The second kappa shape index (κ2) is 11.0. The second-order valence-electron chi connectivity index (χ2n) is 7.50. The lowest BCUT2D eigenvalue weighted by molar-refractivity contribution is -0.112. The first kappa shape index (κ1) is 23.6. The molecule has 0 bridgehead atoms. The standard InChI is InChI=1S/C27H25FN2O3/c1-4-32-26-15-21(8-12-25(26)33-17-20-6-9-23(28)10-7-20)14-22(16-29)27(31)30-24-11-5-18(2)13-19(24)3/h5-15H,4,17H2,1-3H3,(H,30,31)/b22-14+. The molecule has 0 atom stereocenters. The Morgan fingerprint density at radius 2 is 1.79 bits per heavy atom. The average molecular weight is 445 g/mol. The van der Waals surface area contributed by atoms with Crippen LogP contribution in [0.15, 0.2) is 66.2 Å². The second-order valence-corrected chi connectivity index (χ2v) is 7.50. The predicted octanol–water partition coefficient (Wildman–Crippen LogP) is 5.97. The monoisotopic (exact) mass is 444 g/mol. The van der Waals surface area contributed by atoms with Gasteiger partial charge in [-0.1, -0.05) is 35.9 Å². The predicted molar refractivity (Wildman–Crippen MR) is 126 cm³/mol. The summed E-state index contributed by atoms with van der Waals surface area (Å²) in [5, 5.41) is 12.3. The first-order valence-corrected chi connectivity index (χ1v) is 10.5. The number of hydrogen-bond acceptors (Lipinski definition) is 4. The molecule has 3 aromatic rings. The number of nitrogens with zero attached hydrogens (tertiary/aromatic N) is 1. The summed E-state index contributed by atoms with van der Waals surface area (Å²) in [4.78, 5) is 12.7. The zero-order valence-electron chi connectivity index (χ0n) is 18.8. The number of ether oxygens (including phenoxy) is 2. The van der Waals surface area contributed by atoms with Gasteiger partial charge in [0.1, 0.15) is 24.1 Å². The summed E-state index contributed by atoms with van der Waals surface area (Å²) in [5.41, 5.74) is 4.08. The molecule has 0 aliphatic heterocycles. The zero-order chi connectivity index (χ0) is 23.8. The quantitative estimate of drug-likeness (QED) is 0.343. The van der Waals surface area contributed by atoms with E-state index in [1.807, 2.05) is 45.0 Å². The van der Waals surface area contributed by atoms with Gasteiger partial charge >= 0.3 is 0 Å². The number of benzene rings is 3. The Morgan fingerprint density at radius 1 is 1.03 bits per heavy atom. The van der Waals surface area contributed by atoms with Crippen molar-refractivity contribution < 1.29 is 18.7 Å². The molecule has 1 amide bonds. The van der Waals surface area contributed by atoms with Gasteiger partial charge in [-0.2, -0.15) is 5.26 Å². The van der Waals surface area contributed by atoms with Gasteiger partial charge in [0.15, 0.2) is 11.5 Å². The van der Waals surface area contributed by atoms with Gasteiger partial charge in [-0.25, -0.2) is 4.39 Å². The molecule has 168 valence electrons. The van der Waals surface area contributed by atoms with Crippen LogP contribution in [0, 0.1) is 31.0 Å². The summed E-state index contributed by atoms with van der Waals surface area (Å²) in [6, 6.07) is 18.9. The molecule has 3 aromatic carbocycles. The van der Waals surface area contributed by atoms with Crippen molar-refractivity contribution in [2.75, 3.05) is 11.9 Å². The van der Waals surface area contributed by atoms with E-state index < -0.39 is 5.91 Å². The van der Waals surface area contributed by atoms with Crippen molar-refractivity contribution in [2.24, 2.45) is 0 Å². The van der Waals surface area contributed by atoms with Gasteiger partial charge < -0.3 is 14.8 Å². The molecule has 3 rings (SSSR count). The van der Waals surface area contributed by atoms with Crippen LogP contribution in [0.3, 0.4) is 0 Å². The van der Waals surface area contributed by atoms with Crippen LogP contribution in [0.5, 0.6) is 11.5 Å². The van der Waals surface area contributed by atoms with Crippen molar-refractivity contribution in [3.63, 3.8) is 0 Å². The molecule has 1 N–H and O–H groups in total. The van der Waals surface area contributed by atoms with Crippen LogP contribution < -0.4 is 14.8 Å². The number of carbonyl (C=O) groups is 1. The minimum atomic E-state index is -0.487. The number of aryl methyl sites for hydroxylation is 2. The summed E-state index contributed by atoms with van der Waals surface area (Å²) < 4.78 is 24.6. The minimum Gasteiger partial charge on any atom is -0.490 e. The maximum atomic E-state index is 13.1. The normalized spacial score (nSPS) is 10.9. The Kier molecular flexibility index (Phi) is 7.82. The molecule has 0 aromatic heterocycles. The molecule has 0 fully saturated rings. The van der Waals surface area contributed by atoms with E-state index in [-0.39, 0.29) is 18.0 Å². The number of nitriles is 1. The largest absolute Gasteiger partial charge is 0.490 e. The van der Waals surface area contributed by atoms with Crippen molar-refractivity contribution in [1.29, 1.82) is 5.26 Å². The molecule has 0 aliphatic rings. The maximum absolute atomic E-state index is 13.1. The SMILES string of the molecule is CCOc1cc(/C=C(\C#N)C(=O)Nc2ccc(C)cc2C)ccc1OCc1ccc(F)cc1.